The quantitative estimate of drug-likeness (QED) is 0.776. The van der Waals surface area contributed by atoms with Gasteiger partial charge in [0.2, 0.25) is 0 Å². The number of benzene rings is 2. The second-order valence-corrected chi connectivity index (χ2v) is 5.79. The Morgan fingerprint density at radius 3 is 2.31 bits per heavy atom. The molecule has 3 nitrogen and oxygen atoms in total. The predicted octanol–water partition coefficient (Wildman–Crippen LogP) is 2.78. The molecule has 0 spiro atoms. The van der Waals surface area contributed by atoms with Crippen molar-refractivity contribution in [2.24, 2.45) is 0 Å². The number of hydrogen-bond donors (Lipinski definition) is 0. The molecule has 2 rings (SSSR count). The lowest BCUT2D eigenvalue weighted by Crippen LogP contribution is -1.94. The van der Waals surface area contributed by atoms with Crippen LogP contribution >= 0.6 is 10.7 Å². The molecule has 2 aromatic rings. The Balaban J connectivity index is 2.96. The summed E-state index contributed by atoms with van der Waals surface area (Å²) in [5, 5.41) is 1.29. The van der Waals surface area contributed by atoms with Crippen LogP contribution in [0.5, 0.6) is 5.75 Å². The largest absolute Gasteiger partial charge is 0.496 e. The average Bonchev–Trinajstić information content (AvgIpc) is 2.26. The van der Waals surface area contributed by atoms with Crippen LogP contribution in [-0.4, -0.2) is 15.5 Å². The van der Waals surface area contributed by atoms with Crippen molar-refractivity contribution < 1.29 is 13.2 Å². The molecule has 0 bridgehead atoms. The molecule has 0 saturated carbocycles. The SMILES string of the molecule is COc1cccc2cccc(S(=O)(=O)Cl)c12. The summed E-state index contributed by atoms with van der Waals surface area (Å²) >= 11 is 0. The first-order valence-corrected chi connectivity index (χ1v) is 6.85. The molecule has 0 aliphatic rings. The van der Waals surface area contributed by atoms with Crippen molar-refractivity contribution in [2.45, 2.75) is 4.90 Å². The van der Waals surface area contributed by atoms with Crippen molar-refractivity contribution in [3.63, 3.8) is 0 Å². The fourth-order valence-corrected chi connectivity index (χ4v) is 2.74. The van der Waals surface area contributed by atoms with Gasteiger partial charge in [-0.05, 0) is 17.5 Å². The predicted molar refractivity (Wildman–Crippen MR) is 63.5 cm³/mol. The van der Waals surface area contributed by atoms with E-state index in [1.165, 1.54) is 13.2 Å². The topological polar surface area (TPSA) is 43.4 Å². The molecule has 0 aliphatic heterocycles. The number of hydrogen-bond acceptors (Lipinski definition) is 3. The minimum absolute atomic E-state index is 0.0733. The van der Waals surface area contributed by atoms with Gasteiger partial charge in [0.15, 0.2) is 0 Å². The van der Waals surface area contributed by atoms with Crippen LogP contribution in [-0.2, 0) is 9.05 Å². The van der Waals surface area contributed by atoms with E-state index >= 15 is 0 Å². The molecule has 0 fully saturated rings. The fraction of sp³-hybridized carbons (Fsp3) is 0.0909. The van der Waals surface area contributed by atoms with Crippen molar-refractivity contribution in [3.05, 3.63) is 36.4 Å². The maximum Gasteiger partial charge on any atom is 0.262 e. The number of methoxy groups -OCH3 is 1. The number of fused-ring (bicyclic) bond motifs is 1. The Bertz CT molecular complexity index is 629. The molecule has 0 aliphatic carbocycles. The van der Waals surface area contributed by atoms with Crippen LogP contribution in [0.15, 0.2) is 41.3 Å². The summed E-state index contributed by atoms with van der Waals surface area (Å²) < 4.78 is 28.0. The molecule has 84 valence electrons. The summed E-state index contributed by atoms with van der Waals surface area (Å²) in [4.78, 5) is 0.0733. The zero-order valence-corrected chi connectivity index (χ0v) is 10.0. The number of rotatable bonds is 2. The highest BCUT2D eigenvalue weighted by atomic mass is 35.7. The summed E-state index contributed by atoms with van der Waals surface area (Å²) in [6, 6.07) is 10.2. The lowest BCUT2D eigenvalue weighted by Gasteiger charge is -2.08. The lowest BCUT2D eigenvalue weighted by atomic mass is 10.1. The van der Waals surface area contributed by atoms with Crippen LogP contribution in [0.2, 0.25) is 0 Å². The first-order valence-electron chi connectivity index (χ1n) is 4.54. The zero-order valence-electron chi connectivity index (χ0n) is 8.48. The molecule has 0 amide bonds. The van der Waals surface area contributed by atoms with Crippen LogP contribution in [0.3, 0.4) is 0 Å². The summed E-state index contributed by atoms with van der Waals surface area (Å²) in [6.07, 6.45) is 0. The lowest BCUT2D eigenvalue weighted by molar-refractivity contribution is 0.419. The smallest absolute Gasteiger partial charge is 0.262 e. The third-order valence-corrected chi connectivity index (χ3v) is 3.68. The minimum atomic E-state index is -3.77. The van der Waals surface area contributed by atoms with Gasteiger partial charge in [-0.15, -0.1) is 0 Å². The molecular formula is C11H9ClO3S. The summed E-state index contributed by atoms with van der Waals surface area (Å²) in [5.41, 5.74) is 0. The Hall–Kier alpha value is -1.26. The van der Waals surface area contributed by atoms with E-state index in [1.54, 1.807) is 18.2 Å². The van der Waals surface area contributed by atoms with E-state index < -0.39 is 9.05 Å². The Kier molecular flexibility index (Phi) is 2.78. The molecule has 0 unspecified atom stereocenters. The first-order chi connectivity index (χ1) is 7.54. The van der Waals surface area contributed by atoms with Crippen molar-refractivity contribution in [1.82, 2.24) is 0 Å². The van der Waals surface area contributed by atoms with E-state index in [9.17, 15) is 8.42 Å². The highest BCUT2D eigenvalue weighted by Crippen LogP contribution is 2.32. The molecule has 0 aromatic heterocycles. The van der Waals surface area contributed by atoms with Gasteiger partial charge in [-0.1, -0.05) is 24.3 Å². The van der Waals surface area contributed by atoms with Gasteiger partial charge < -0.3 is 4.74 Å². The van der Waals surface area contributed by atoms with Gasteiger partial charge in [-0.3, -0.25) is 0 Å². The first kappa shape index (κ1) is 11.2. The van der Waals surface area contributed by atoms with Gasteiger partial charge in [-0.2, -0.15) is 0 Å². The number of halogens is 1. The van der Waals surface area contributed by atoms with Gasteiger partial charge in [0, 0.05) is 16.1 Å². The fourth-order valence-electron chi connectivity index (χ4n) is 1.65. The van der Waals surface area contributed by atoms with E-state index in [2.05, 4.69) is 0 Å². The van der Waals surface area contributed by atoms with Crippen LogP contribution in [0.4, 0.5) is 0 Å². The second-order valence-electron chi connectivity index (χ2n) is 3.25. The monoisotopic (exact) mass is 256 g/mol. The van der Waals surface area contributed by atoms with Gasteiger partial charge in [-0.25, -0.2) is 8.42 Å². The molecule has 0 N–H and O–H groups in total. The molecule has 0 atom stereocenters. The van der Waals surface area contributed by atoms with E-state index in [0.717, 1.165) is 5.39 Å². The second kappa shape index (κ2) is 3.96. The van der Waals surface area contributed by atoms with Crippen molar-refractivity contribution in [1.29, 1.82) is 0 Å². The average molecular weight is 257 g/mol. The van der Waals surface area contributed by atoms with Crippen LogP contribution in [0, 0.1) is 0 Å². The molecule has 0 saturated heterocycles. The van der Waals surface area contributed by atoms with E-state index in [0.29, 0.717) is 11.1 Å². The maximum atomic E-state index is 11.4. The highest BCUT2D eigenvalue weighted by molar-refractivity contribution is 8.14. The van der Waals surface area contributed by atoms with E-state index in [1.807, 2.05) is 12.1 Å². The molecular weight excluding hydrogens is 248 g/mol. The Labute approximate surface area is 98.0 Å². The maximum absolute atomic E-state index is 11.4. The van der Waals surface area contributed by atoms with Gasteiger partial charge in [0.1, 0.15) is 5.75 Å². The summed E-state index contributed by atoms with van der Waals surface area (Å²) in [7, 11) is 3.11. The molecule has 0 heterocycles. The normalized spacial score (nSPS) is 11.6. The van der Waals surface area contributed by atoms with Crippen LogP contribution < -0.4 is 4.74 Å². The van der Waals surface area contributed by atoms with Gasteiger partial charge >= 0.3 is 0 Å². The van der Waals surface area contributed by atoms with Gasteiger partial charge in [0.25, 0.3) is 9.05 Å². The molecule has 0 radical (unpaired) electrons. The van der Waals surface area contributed by atoms with Gasteiger partial charge in [0.05, 0.1) is 12.0 Å². The molecule has 5 heteroatoms. The molecule has 16 heavy (non-hydrogen) atoms. The van der Waals surface area contributed by atoms with Crippen LogP contribution in [0.1, 0.15) is 0 Å². The van der Waals surface area contributed by atoms with E-state index in [-0.39, 0.29) is 4.90 Å². The number of ether oxygens (including phenoxy) is 1. The van der Waals surface area contributed by atoms with Crippen molar-refractivity contribution >= 4 is 30.5 Å². The summed E-state index contributed by atoms with van der Waals surface area (Å²) in [5.74, 6) is 0.498. The minimum Gasteiger partial charge on any atom is -0.496 e. The third-order valence-electron chi connectivity index (χ3n) is 2.31. The third kappa shape index (κ3) is 1.86. The standard InChI is InChI=1S/C11H9ClO3S/c1-15-9-6-2-4-8-5-3-7-10(11(8)9)16(12,13)14/h2-7H,1H3. The Morgan fingerprint density at radius 2 is 1.75 bits per heavy atom. The van der Waals surface area contributed by atoms with Crippen LogP contribution in [0.25, 0.3) is 10.8 Å². The highest BCUT2D eigenvalue weighted by Gasteiger charge is 2.16. The van der Waals surface area contributed by atoms with Crippen molar-refractivity contribution in [2.75, 3.05) is 7.11 Å². The summed E-state index contributed by atoms with van der Waals surface area (Å²) in [6.45, 7) is 0. The molecule has 2 aromatic carbocycles. The Morgan fingerprint density at radius 1 is 1.12 bits per heavy atom. The van der Waals surface area contributed by atoms with E-state index in [4.69, 9.17) is 15.4 Å². The zero-order chi connectivity index (χ0) is 11.8. The van der Waals surface area contributed by atoms with Crippen molar-refractivity contribution in [3.8, 4) is 5.75 Å².